The molecule has 0 aliphatic carbocycles. The lowest BCUT2D eigenvalue weighted by atomic mass is 10.1. The second-order valence-electron chi connectivity index (χ2n) is 5.52. The van der Waals surface area contributed by atoms with Gasteiger partial charge in [0.2, 0.25) is 0 Å². The van der Waals surface area contributed by atoms with Crippen molar-refractivity contribution in [1.82, 2.24) is 14.7 Å². The first kappa shape index (κ1) is 18.9. The fraction of sp³-hybridized carbons (Fsp3) is 0.312. The molecule has 10 heteroatoms. The van der Waals surface area contributed by atoms with E-state index in [4.69, 9.17) is 4.74 Å². The van der Waals surface area contributed by atoms with Crippen LogP contribution in [-0.4, -0.2) is 52.6 Å². The summed E-state index contributed by atoms with van der Waals surface area (Å²) in [4.78, 5) is 36.7. The molecule has 0 aliphatic heterocycles. The Balaban J connectivity index is 2.37. The standard InChI is InChI=1S/C16H19N5O5/c1-5-20-14(16(23)19(2)3)11(9-17-20)18-15(22)10-6-7-13(26-4)12(8-10)21(24)25/h6-9H,5H2,1-4H3,(H,18,22). The van der Waals surface area contributed by atoms with Gasteiger partial charge in [0.05, 0.1) is 23.9 Å². The maximum Gasteiger partial charge on any atom is 0.311 e. The van der Waals surface area contributed by atoms with E-state index in [-0.39, 0.29) is 34.3 Å². The van der Waals surface area contributed by atoms with E-state index >= 15 is 0 Å². The van der Waals surface area contributed by atoms with E-state index < -0.39 is 10.8 Å². The Morgan fingerprint density at radius 1 is 1.38 bits per heavy atom. The predicted molar refractivity (Wildman–Crippen MR) is 93.5 cm³/mol. The lowest BCUT2D eigenvalue weighted by Crippen LogP contribution is -2.26. The molecule has 1 aromatic carbocycles. The minimum absolute atomic E-state index is 0.0498. The van der Waals surface area contributed by atoms with Crippen molar-refractivity contribution in [3.63, 3.8) is 0 Å². The van der Waals surface area contributed by atoms with E-state index in [9.17, 15) is 19.7 Å². The number of nitro benzene ring substituents is 1. The molecule has 1 heterocycles. The van der Waals surface area contributed by atoms with Crippen molar-refractivity contribution in [3.05, 3.63) is 45.8 Å². The summed E-state index contributed by atoms with van der Waals surface area (Å²) in [6.07, 6.45) is 1.37. The van der Waals surface area contributed by atoms with Crippen LogP contribution in [0.15, 0.2) is 24.4 Å². The molecule has 2 rings (SSSR count). The summed E-state index contributed by atoms with van der Waals surface area (Å²) in [5.41, 5.74) is 0.196. The number of carbonyl (C=O) groups is 2. The van der Waals surface area contributed by atoms with Gasteiger partial charge >= 0.3 is 5.69 Å². The number of hydrogen-bond acceptors (Lipinski definition) is 6. The molecule has 10 nitrogen and oxygen atoms in total. The number of carbonyl (C=O) groups excluding carboxylic acids is 2. The second kappa shape index (κ2) is 7.64. The largest absolute Gasteiger partial charge is 0.490 e. The summed E-state index contributed by atoms with van der Waals surface area (Å²) in [6, 6.07) is 3.86. The number of hydrogen-bond donors (Lipinski definition) is 1. The van der Waals surface area contributed by atoms with Crippen molar-refractivity contribution in [1.29, 1.82) is 0 Å². The van der Waals surface area contributed by atoms with E-state index in [2.05, 4.69) is 10.4 Å². The Labute approximate surface area is 149 Å². The first-order chi connectivity index (χ1) is 12.3. The van der Waals surface area contributed by atoms with Crippen molar-refractivity contribution in [2.45, 2.75) is 13.5 Å². The number of anilines is 1. The third-order valence-electron chi connectivity index (χ3n) is 3.63. The van der Waals surface area contributed by atoms with Gasteiger partial charge in [0.25, 0.3) is 11.8 Å². The van der Waals surface area contributed by atoms with Gasteiger partial charge in [0, 0.05) is 32.3 Å². The lowest BCUT2D eigenvalue weighted by Gasteiger charge is -2.13. The number of rotatable bonds is 6. The number of aromatic nitrogens is 2. The van der Waals surface area contributed by atoms with E-state index in [0.717, 1.165) is 6.07 Å². The molecule has 0 fully saturated rings. The smallest absolute Gasteiger partial charge is 0.311 e. The summed E-state index contributed by atoms with van der Waals surface area (Å²) >= 11 is 0. The first-order valence-electron chi connectivity index (χ1n) is 7.71. The number of nitrogens with zero attached hydrogens (tertiary/aromatic N) is 4. The van der Waals surface area contributed by atoms with Crippen LogP contribution in [0.25, 0.3) is 0 Å². The summed E-state index contributed by atoms with van der Waals surface area (Å²) in [7, 11) is 4.49. The van der Waals surface area contributed by atoms with Crippen molar-refractivity contribution in [3.8, 4) is 5.75 Å². The molecule has 0 atom stereocenters. The molecule has 138 valence electrons. The van der Waals surface area contributed by atoms with Gasteiger partial charge in [0.1, 0.15) is 5.69 Å². The van der Waals surface area contributed by atoms with Crippen molar-refractivity contribution in [2.75, 3.05) is 26.5 Å². The SMILES string of the molecule is CCn1ncc(NC(=O)c2ccc(OC)c([N+](=O)[O-])c2)c1C(=O)N(C)C. The summed E-state index contributed by atoms with van der Waals surface area (Å²) in [6.45, 7) is 2.26. The first-order valence-corrected chi connectivity index (χ1v) is 7.71. The van der Waals surface area contributed by atoms with E-state index in [1.165, 1.54) is 35.0 Å². The van der Waals surface area contributed by atoms with Crippen molar-refractivity contribution >= 4 is 23.2 Å². The molecule has 1 N–H and O–H groups in total. The van der Waals surface area contributed by atoms with Crippen LogP contribution >= 0.6 is 0 Å². The highest BCUT2D eigenvalue weighted by Gasteiger charge is 2.23. The molecule has 0 aliphatic rings. The van der Waals surface area contributed by atoms with Crippen LogP contribution in [0.5, 0.6) is 5.75 Å². The Kier molecular flexibility index (Phi) is 5.55. The maximum absolute atomic E-state index is 12.5. The normalized spacial score (nSPS) is 10.3. The minimum Gasteiger partial charge on any atom is -0.490 e. The topological polar surface area (TPSA) is 120 Å². The molecule has 0 bridgehead atoms. The molecule has 1 aromatic heterocycles. The van der Waals surface area contributed by atoms with Gasteiger partial charge in [-0.2, -0.15) is 5.10 Å². The highest BCUT2D eigenvalue weighted by atomic mass is 16.6. The number of nitrogens with one attached hydrogen (secondary N) is 1. The minimum atomic E-state index is -0.633. The third kappa shape index (κ3) is 3.63. The number of amides is 2. The van der Waals surface area contributed by atoms with E-state index in [0.29, 0.717) is 6.54 Å². The Hall–Kier alpha value is -3.43. The highest BCUT2D eigenvalue weighted by Crippen LogP contribution is 2.28. The highest BCUT2D eigenvalue weighted by molar-refractivity contribution is 6.08. The van der Waals surface area contributed by atoms with Crippen molar-refractivity contribution < 1.29 is 19.2 Å². The Morgan fingerprint density at radius 3 is 2.62 bits per heavy atom. The monoisotopic (exact) mass is 361 g/mol. The molecular formula is C16H19N5O5. The van der Waals surface area contributed by atoms with Crippen molar-refractivity contribution in [2.24, 2.45) is 0 Å². The molecule has 0 saturated heterocycles. The number of methoxy groups -OCH3 is 1. The Bertz CT molecular complexity index is 859. The van der Waals surface area contributed by atoms with Gasteiger partial charge in [-0.15, -0.1) is 0 Å². The second-order valence-corrected chi connectivity index (χ2v) is 5.52. The van der Waals surface area contributed by atoms with E-state index in [1.54, 1.807) is 14.1 Å². The summed E-state index contributed by atoms with van der Waals surface area (Å²) in [5, 5.41) is 17.8. The van der Waals surface area contributed by atoms with Gasteiger partial charge in [-0.1, -0.05) is 0 Å². The summed E-state index contributed by atoms with van der Waals surface area (Å²) < 4.78 is 6.38. The van der Waals surface area contributed by atoms with Gasteiger partial charge in [0.15, 0.2) is 5.75 Å². The molecule has 2 amide bonds. The zero-order valence-corrected chi connectivity index (χ0v) is 14.8. The van der Waals surface area contributed by atoms with Gasteiger partial charge < -0.3 is 15.0 Å². The van der Waals surface area contributed by atoms with Gasteiger partial charge in [-0.05, 0) is 19.1 Å². The molecule has 0 saturated carbocycles. The molecule has 0 unspecified atom stereocenters. The molecular weight excluding hydrogens is 342 g/mol. The average Bonchev–Trinajstić information content (AvgIpc) is 3.02. The zero-order valence-electron chi connectivity index (χ0n) is 14.8. The molecule has 2 aromatic rings. The fourth-order valence-corrected chi connectivity index (χ4v) is 2.32. The van der Waals surface area contributed by atoms with Crippen LogP contribution in [0.2, 0.25) is 0 Å². The lowest BCUT2D eigenvalue weighted by molar-refractivity contribution is -0.385. The summed E-state index contributed by atoms with van der Waals surface area (Å²) in [5.74, 6) is -0.867. The van der Waals surface area contributed by atoms with Gasteiger partial charge in [-0.25, -0.2) is 0 Å². The molecule has 0 radical (unpaired) electrons. The fourth-order valence-electron chi connectivity index (χ4n) is 2.32. The quantitative estimate of drug-likeness (QED) is 0.618. The number of ether oxygens (including phenoxy) is 1. The van der Waals surface area contributed by atoms with Crippen LogP contribution in [0.1, 0.15) is 27.8 Å². The van der Waals surface area contributed by atoms with Crippen LogP contribution in [0.3, 0.4) is 0 Å². The van der Waals surface area contributed by atoms with Crippen LogP contribution in [-0.2, 0) is 6.54 Å². The predicted octanol–water partition coefficient (Wildman–Crippen LogP) is 1.77. The maximum atomic E-state index is 12.5. The average molecular weight is 361 g/mol. The Morgan fingerprint density at radius 2 is 2.08 bits per heavy atom. The molecule has 0 spiro atoms. The number of nitro groups is 1. The zero-order chi connectivity index (χ0) is 19.4. The van der Waals surface area contributed by atoms with Gasteiger partial charge in [-0.3, -0.25) is 24.4 Å². The third-order valence-corrected chi connectivity index (χ3v) is 3.63. The molecule has 26 heavy (non-hydrogen) atoms. The number of benzene rings is 1. The van der Waals surface area contributed by atoms with E-state index in [1.807, 2.05) is 6.92 Å². The van der Waals surface area contributed by atoms with Crippen LogP contribution < -0.4 is 10.1 Å². The van der Waals surface area contributed by atoms with Crippen LogP contribution in [0, 0.1) is 10.1 Å². The van der Waals surface area contributed by atoms with Crippen LogP contribution in [0.4, 0.5) is 11.4 Å². The number of aryl methyl sites for hydroxylation is 1.